The van der Waals surface area contributed by atoms with Crippen LogP contribution in [-0.4, -0.2) is 28.9 Å². The van der Waals surface area contributed by atoms with Crippen LogP contribution in [0.25, 0.3) is 5.57 Å². The van der Waals surface area contributed by atoms with Gasteiger partial charge in [0.05, 0.1) is 16.3 Å². The molecule has 0 fully saturated rings. The highest BCUT2D eigenvalue weighted by atomic mass is 32.2. The Kier molecular flexibility index (Phi) is 5.93. The lowest BCUT2D eigenvalue weighted by Crippen LogP contribution is -2.34. The number of thiazole rings is 1. The smallest absolute Gasteiger partial charge is 0.255 e. The average Bonchev–Trinajstić information content (AvgIpc) is 3.18. The number of hydrogen-bond acceptors (Lipinski definition) is 4. The van der Waals surface area contributed by atoms with Crippen molar-refractivity contribution in [2.45, 2.75) is 24.0 Å². The predicted molar refractivity (Wildman–Crippen MR) is 118 cm³/mol. The Labute approximate surface area is 174 Å². The van der Waals surface area contributed by atoms with E-state index in [9.17, 15) is 4.79 Å². The number of aryl methyl sites for hydroxylation is 1. The van der Waals surface area contributed by atoms with Crippen molar-refractivity contribution in [2.24, 2.45) is 0 Å². The highest BCUT2D eigenvalue weighted by Gasteiger charge is 2.21. The summed E-state index contributed by atoms with van der Waals surface area (Å²) < 4.78 is 0. The second kappa shape index (κ2) is 8.76. The Bertz CT molecular complexity index is 995. The van der Waals surface area contributed by atoms with E-state index >= 15 is 0 Å². The Morgan fingerprint density at radius 3 is 2.64 bits per heavy atom. The molecule has 1 amide bonds. The monoisotopic (exact) mass is 406 g/mol. The number of carbonyl (C=O) groups is 1. The summed E-state index contributed by atoms with van der Waals surface area (Å²) in [4.78, 5) is 20.6. The van der Waals surface area contributed by atoms with Crippen molar-refractivity contribution in [1.82, 2.24) is 9.88 Å². The number of benzene rings is 2. The van der Waals surface area contributed by atoms with Crippen molar-refractivity contribution in [1.29, 1.82) is 0 Å². The van der Waals surface area contributed by atoms with Crippen LogP contribution in [0.2, 0.25) is 0 Å². The third-order valence-corrected chi connectivity index (χ3v) is 6.73. The summed E-state index contributed by atoms with van der Waals surface area (Å²) in [6.45, 7) is 3.43. The van der Waals surface area contributed by atoms with Crippen LogP contribution in [0.15, 0.2) is 70.9 Å². The van der Waals surface area contributed by atoms with Gasteiger partial charge in [0.15, 0.2) is 0 Å². The highest BCUT2D eigenvalue weighted by molar-refractivity contribution is 7.98. The van der Waals surface area contributed by atoms with Crippen LogP contribution in [-0.2, 0) is 5.75 Å². The molecule has 0 aliphatic carbocycles. The first kappa shape index (κ1) is 19.0. The van der Waals surface area contributed by atoms with Crippen LogP contribution in [0.5, 0.6) is 0 Å². The third-order valence-electron chi connectivity index (χ3n) is 4.80. The zero-order valence-corrected chi connectivity index (χ0v) is 17.4. The molecule has 0 N–H and O–H groups in total. The molecule has 0 saturated heterocycles. The van der Waals surface area contributed by atoms with Gasteiger partial charge >= 0.3 is 0 Å². The predicted octanol–water partition coefficient (Wildman–Crippen LogP) is 5.67. The van der Waals surface area contributed by atoms with E-state index in [2.05, 4.69) is 40.7 Å². The minimum atomic E-state index is 0.112. The Balaban J connectivity index is 1.46. The SMILES string of the molecule is Cc1nc(CSc2ccccc2C(=O)N2CC=C(c3ccccc3)CC2)cs1. The normalized spacial score (nSPS) is 14.0. The van der Waals surface area contributed by atoms with Gasteiger partial charge in [-0.1, -0.05) is 48.5 Å². The standard InChI is InChI=1S/C23H22N2OS2/c1-17-24-20(15-27-17)16-28-22-10-6-5-9-21(22)23(26)25-13-11-19(12-14-25)18-7-3-2-4-8-18/h2-11,15H,12-14,16H2,1H3. The fraction of sp³-hybridized carbons (Fsp3) is 0.217. The first-order valence-corrected chi connectivity index (χ1v) is 11.2. The van der Waals surface area contributed by atoms with E-state index < -0.39 is 0 Å². The van der Waals surface area contributed by atoms with Gasteiger partial charge in [0, 0.05) is 29.1 Å². The van der Waals surface area contributed by atoms with E-state index in [1.54, 1.807) is 23.1 Å². The number of amides is 1. The second-order valence-electron chi connectivity index (χ2n) is 6.74. The summed E-state index contributed by atoms with van der Waals surface area (Å²) in [5.41, 5.74) is 4.44. The maximum atomic E-state index is 13.1. The lowest BCUT2D eigenvalue weighted by Gasteiger charge is -2.27. The van der Waals surface area contributed by atoms with Crippen molar-refractivity contribution < 1.29 is 4.79 Å². The van der Waals surface area contributed by atoms with E-state index in [-0.39, 0.29) is 5.91 Å². The summed E-state index contributed by atoms with van der Waals surface area (Å²) in [6.07, 6.45) is 3.08. The van der Waals surface area contributed by atoms with Gasteiger partial charge in [0.25, 0.3) is 5.91 Å². The maximum Gasteiger partial charge on any atom is 0.255 e. The molecule has 2 aromatic carbocycles. The van der Waals surface area contributed by atoms with Crippen LogP contribution < -0.4 is 0 Å². The highest BCUT2D eigenvalue weighted by Crippen LogP contribution is 2.29. The summed E-state index contributed by atoms with van der Waals surface area (Å²) in [6, 6.07) is 18.3. The third kappa shape index (κ3) is 4.37. The van der Waals surface area contributed by atoms with Crippen molar-refractivity contribution in [2.75, 3.05) is 13.1 Å². The maximum absolute atomic E-state index is 13.1. The number of carbonyl (C=O) groups excluding carboxylic acids is 1. The van der Waals surface area contributed by atoms with Gasteiger partial charge in [0.1, 0.15) is 0 Å². The van der Waals surface area contributed by atoms with Gasteiger partial charge in [-0.2, -0.15) is 0 Å². The van der Waals surface area contributed by atoms with Crippen molar-refractivity contribution >= 4 is 34.6 Å². The van der Waals surface area contributed by atoms with E-state index in [4.69, 9.17) is 0 Å². The summed E-state index contributed by atoms with van der Waals surface area (Å²) >= 11 is 3.35. The number of thioether (sulfide) groups is 1. The molecule has 1 aliphatic heterocycles. The van der Waals surface area contributed by atoms with Gasteiger partial charge in [-0.25, -0.2) is 4.98 Å². The summed E-state index contributed by atoms with van der Waals surface area (Å²) in [5.74, 6) is 0.896. The molecule has 0 saturated carbocycles. The molecule has 0 spiro atoms. The fourth-order valence-electron chi connectivity index (χ4n) is 3.33. The first-order valence-electron chi connectivity index (χ1n) is 9.37. The zero-order chi connectivity index (χ0) is 19.3. The molecule has 28 heavy (non-hydrogen) atoms. The molecular formula is C23H22N2OS2. The molecule has 0 radical (unpaired) electrons. The summed E-state index contributed by atoms with van der Waals surface area (Å²) in [7, 11) is 0. The molecule has 0 atom stereocenters. The lowest BCUT2D eigenvalue weighted by atomic mass is 9.99. The van der Waals surface area contributed by atoms with Gasteiger partial charge in [-0.3, -0.25) is 4.79 Å². The van der Waals surface area contributed by atoms with Gasteiger partial charge < -0.3 is 4.90 Å². The minimum Gasteiger partial charge on any atom is -0.335 e. The largest absolute Gasteiger partial charge is 0.335 e. The van der Waals surface area contributed by atoms with Crippen molar-refractivity contribution in [3.63, 3.8) is 0 Å². The second-order valence-corrected chi connectivity index (χ2v) is 8.82. The molecule has 1 aromatic heterocycles. The van der Waals surface area contributed by atoms with E-state index in [0.29, 0.717) is 6.54 Å². The lowest BCUT2D eigenvalue weighted by molar-refractivity contribution is 0.0769. The van der Waals surface area contributed by atoms with E-state index in [1.165, 1.54) is 11.1 Å². The van der Waals surface area contributed by atoms with Crippen molar-refractivity contribution in [3.05, 3.63) is 87.9 Å². The van der Waals surface area contributed by atoms with Crippen LogP contribution in [0.1, 0.15) is 33.0 Å². The minimum absolute atomic E-state index is 0.112. The molecule has 3 nitrogen and oxygen atoms in total. The number of aromatic nitrogens is 1. The Morgan fingerprint density at radius 1 is 1.14 bits per heavy atom. The van der Waals surface area contributed by atoms with Crippen LogP contribution in [0, 0.1) is 6.92 Å². The van der Waals surface area contributed by atoms with Gasteiger partial charge in [0.2, 0.25) is 0 Å². The Hall–Kier alpha value is -2.37. The van der Waals surface area contributed by atoms with Gasteiger partial charge in [-0.15, -0.1) is 23.1 Å². The van der Waals surface area contributed by atoms with E-state index in [1.807, 2.05) is 42.2 Å². The van der Waals surface area contributed by atoms with Crippen LogP contribution in [0.3, 0.4) is 0 Å². The first-order chi connectivity index (χ1) is 13.7. The molecular weight excluding hydrogens is 384 g/mol. The van der Waals surface area contributed by atoms with Crippen LogP contribution in [0.4, 0.5) is 0 Å². The average molecular weight is 407 g/mol. The molecule has 5 heteroatoms. The number of nitrogens with zero attached hydrogens (tertiary/aromatic N) is 2. The molecule has 2 heterocycles. The topological polar surface area (TPSA) is 33.2 Å². The summed E-state index contributed by atoms with van der Waals surface area (Å²) in [5, 5.41) is 3.17. The molecule has 4 rings (SSSR count). The molecule has 3 aromatic rings. The molecule has 0 unspecified atom stereocenters. The Morgan fingerprint density at radius 2 is 1.93 bits per heavy atom. The molecule has 142 valence electrons. The van der Waals surface area contributed by atoms with Gasteiger partial charge in [-0.05, 0) is 36.6 Å². The number of rotatable bonds is 5. The van der Waals surface area contributed by atoms with E-state index in [0.717, 1.165) is 39.9 Å². The number of hydrogen-bond donors (Lipinski definition) is 0. The quantitative estimate of drug-likeness (QED) is 0.512. The van der Waals surface area contributed by atoms with Crippen molar-refractivity contribution in [3.8, 4) is 0 Å². The molecule has 1 aliphatic rings. The zero-order valence-electron chi connectivity index (χ0n) is 15.8. The van der Waals surface area contributed by atoms with Crippen LogP contribution >= 0.6 is 23.1 Å². The fourth-order valence-corrected chi connectivity index (χ4v) is 4.99. The molecule has 0 bridgehead atoms.